The molecular formula is C34H39N5O3. The molecule has 0 unspecified atom stereocenters. The zero-order valence-corrected chi connectivity index (χ0v) is 24.7. The summed E-state index contributed by atoms with van der Waals surface area (Å²) in [5, 5.41) is 17.5. The smallest absolute Gasteiger partial charge is 0.130 e. The number of nitrogens with one attached hydrogen (secondary N) is 2. The number of pyridine rings is 1. The molecule has 5 aromatic rings. The highest BCUT2D eigenvalue weighted by Gasteiger charge is 2.22. The molecule has 0 aliphatic carbocycles. The zero-order valence-electron chi connectivity index (χ0n) is 24.7. The third-order valence-electron chi connectivity index (χ3n) is 6.48. The number of rotatable bonds is 10. The molecule has 2 heterocycles. The summed E-state index contributed by atoms with van der Waals surface area (Å²) in [6.45, 7) is 8.17. The molecule has 0 fully saturated rings. The summed E-state index contributed by atoms with van der Waals surface area (Å²) in [5.41, 5.74) is 5.43. The van der Waals surface area contributed by atoms with Gasteiger partial charge >= 0.3 is 0 Å². The van der Waals surface area contributed by atoms with E-state index in [1.807, 2.05) is 63.4 Å². The van der Waals surface area contributed by atoms with Crippen molar-refractivity contribution in [1.29, 1.82) is 5.41 Å². The summed E-state index contributed by atoms with van der Waals surface area (Å²) in [4.78, 5) is 21.3. The van der Waals surface area contributed by atoms with Gasteiger partial charge in [-0.1, -0.05) is 62.9 Å². The van der Waals surface area contributed by atoms with E-state index in [4.69, 9.17) is 25.2 Å². The number of aromatic nitrogens is 3. The first kappa shape index (κ1) is 31.7. The minimum absolute atomic E-state index is 0.375. The molecule has 0 radical (unpaired) electrons. The van der Waals surface area contributed by atoms with Crippen LogP contribution in [0.5, 0.6) is 5.75 Å². The molecule has 0 saturated carbocycles. The lowest BCUT2D eigenvalue weighted by Crippen LogP contribution is -2.20. The predicted octanol–water partition coefficient (Wildman–Crippen LogP) is 6.45. The topological polar surface area (TPSA) is 113 Å². The molecule has 3 aromatic carbocycles. The van der Waals surface area contributed by atoms with Gasteiger partial charge in [0.15, 0.2) is 0 Å². The lowest BCUT2D eigenvalue weighted by Gasteiger charge is -2.17. The number of allylic oxidation sites excluding steroid dienone is 1. The molecule has 42 heavy (non-hydrogen) atoms. The Hall–Kier alpha value is -4.82. The van der Waals surface area contributed by atoms with Gasteiger partial charge in [0, 0.05) is 55.9 Å². The second-order valence-electron chi connectivity index (χ2n) is 10.2. The van der Waals surface area contributed by atoms with Crippen molar-refractivity contribution >= 4 is 40.1 Å². The molecule has 218 valence electrons. The van der Waals surface area contributed by atoms with Crippen molar-refractivity contribution in [2.75, 3.05) is 19.5 Å². The number of anilines is 1. The molecular weight excluding hydrogens is 526 g/mol. The number of para-hydroxylation sites is 1. The molecule has 0 bridgehead atoms. The first-order chi connectivity index (χ1) is 20.4. The van der Waals surface area contributed by atoms with E-state index in [1.54, 1.807) is 0 Å². The minimum atomic E-state index is -0.504. The van der Waals surface area contributed by atoms with Gasteiger partial charge < -0.3 is 29.9 Å². The number of aliphatic hydroxyl groups excluding tert-OH is 1. The van der Waals surface area contributed by atoms with Crippen LogP contribution < -0.4 is 10.1 Å². The highest BCUT2D eigenvalue weighted by molar-refractivity contribution is 5.79. The fraction of sp³-hybridized carbons (Fsp3) is 0.235. The Morgan fingerprint density at radius 1 is 1.00 bits per heavy atom. The van der Waals surface area contributed by atoms with E-state index in [0.717, 1.165) is 64.5 Å². The molecule has 5 rings (SSSR count). The van der Waals surface area contributed by atoms with Gasteiger partial charge in [-0.15, -0.1) is 0 Å². The number of hydrogen-bond acceptors (Lipinski definition) is 7. The minimum Gasteiger partial charge on any atom is -0.487 e. The molecule has 8 nitrogen and oxygen atoms in total. The number of benzene rings is 3. The number of fused-ring (bicyclic) bond motifs is 2. The predicted molar refractivity (Wildman–Crippen MR) is 172 cm³/mol. The Morgan fingerprint density at radius 3 is 2.38 bits per heavy atom. The molecule has 0 aliphatic rings. The van der Waals surface area contributed by atoms with Crippen LogP contribution in [0.25, 0.3) is 21.9 Å². The summed E-state index contributed by atoms with van der Waals surface area (Å²) in [6, 6.07) is 26.5. The number of nitrogens with zero attached hydrogens (tertiary/aromatic N) is 3. The second-order valence-corrected chi connectivity index (χ2v) is 10.2. The SMILES string of the molecule is C=CC=N.CNc1ccc(Cn2c(CC(C)(C)C=O)nc3cc(OCc4ccc5ccccc5n4)ccc32)cc1.CO. The van der Waals surface area contributed by atoms with Gasteiger partial charge in [0.25, 0.3) is 0 Å². The van der Waals surface area contributed by atoms with Gasteiger partial charge in [-0.05, 0) is 42.0 Å². The van der Waals surface area contributed by atoms with Crippen LogP contribution in [-0.4, -0.2) is 46.3 Å². The summed E-state index contributed by atoms with van der Waals surface area (Å²) in [6.07, 6.45) is 4.11. The van der Waals surface area contributed by atoms with Crippen molar-refractivity contribution in [2.24, 2.45) is 5.41 Å². The van der Waals surface area contributed by atoms with Crippen LogP contribution in [-0.2, 0) is 24.4 Å². The maximum atomic E-state index is 11.7. The number of hydrogen-bond donors (Lipinski definition) is 3. The first-order valence-corrected chi connectivity index (χ1v) is 13.6. The van der Waals surface area contributed by atoms with Crippen molar-refractivity contribution in [2.45, 2.75) is 33.4 Å². The molecule has 0 atom stereocenters. The molecule has 0 aliphatic heterocycles. The van der Waals surface area contributed by atoms with Crippen molar-refractivity contribution in [1.82, 2.24) is 14.5 Å². The van der Waals surface area contributed by atoms with Crippen molar-refractivity contribution in [3.63, 3.8) is 0 Å². The molecule has 3 N–H and O–H groups in total. The van der Waals surface area contributed by atoms with Crippen LogP contribution in [0.15, 0.2) is 91.5 Å². The lowest BCUT2D eigenvalue weighted by atomic mass is 9.91. The first-order valence-electron chi connectivity index (χ1n) is 13.6. The summed E-state index contributed by atoms with van der Waals surface area (Å²) >= 11 is 0. The Morgan fingerprint density at radius 2 is 1.71 bits per heavy atom. The number of aldehydes is 1. The van der Waals surface area contributed by atoms with Crippen LogP contribution in [0.1, 0.15) is 30.9 Å². The normalized spacial score (nSPS) is 10.6. The monoisotopic (exact) mass is 565 g/mol. The van der Waals surface area contributed by atoms with Gasteiger partial charge in [0.2, 0.25) is 0 Å². The Kier molecular flexibility index (Phi) is 11.5. The maximum Gasteiger partial charge on any atom is 0.130 e. The third kappa shape index (κ3) is 8.34. The molecule has 0 spiro atoms. The molecule has 0 amide bonds. The van der Waals surface area contributed by atoms with Crippen LogP contribution >= 0.6 is 0 Å². The van der Waals surface area contributed by atoms with Crippen molar-refractivity contribution < 1.29 is 14.6 Å². The van der Waals surface area contributed by atoms with Crippen molar-refractivity contribution in [3.8, 4) is 5.75 Å². The van der Waals surface area contributed by atoms with E-state index in [-0.39, 0.29) is 0 Å². The number of imidazole rings is 1. The largest absolute Gasteiger partial charge is 0.487 e. The molecule has 2 aromatic heterocycles. The van der Waals surface area contributed by atoms with E-state index in [1.165, 1.54) is 11.6 Å². The Balaban J connectivity index is 0.000000745. The standard InChI is InChI=1S/C30H30N4O2.C3H5N.CH4O/c1-30(2,20-35)17-29-33-27-16-25(36-19-24-13-10-22-6-4-5-7-26(22)32-24)14-15-28(27)34(29)18-21-8-11-23(31-3)12-9-21;1-2-3-4;1-2/h4-16,20,31H,17-19H2,1-3H3;2-4H,1H2;2H,1H3. The fourth-order valence-electron chi connectivity index (χ4n) is 4.32. The summed E-state index contributed by atoms with van der Waals surface area (Å²) in [7, 11) is 2.91. The quantitative estimate of drug-likeness (QED) is 0.132. The van der Waals surface area contributed by atoms with E-state index >= 15 is 0 Å². The number of carbonyl (C=O) groups is 1. The Bertz CT molecular complexity index is 1620. The average molecular weight is 566 g/mol. The van der Waals surface area contributed by atoms with Gasteiger partial charge in [-0.3, -0.25) is 0 Å². The third-order valence-corrected chi connectivity index (χ3v) is 6.48. The van der Waals surface area contributed by atoms with E-state index in [2.05, 4.69) is 52.9 Å². The average Bonchev–Trinajstić information content (AvgIpc) is 3.36. The zero-order chi connectivity index (χ0) is 30.5. The van der Waals surface area contributed by atoms with Crippen molar-refractivity contribution in [3.05, 3.63) is 109 Å². The number of carbonyl (C=O) groups excluding carboxylic acids is 1. The maximum absolute atomic E-state index is 11.7. The van der Waals surface area contributed by atoms with Gasteiger partial charge in [-0.2, -0.15) is 0 Å². The second kappa shape index (κ2) is 15.3. The van der Waals surface area contributed by atoms with Gasteiger partial charge in [0.05, 0.1) is 22.2 Å². The lowest BCUT2D eigenvalue weighted by molar-refractivity contribution is -0.114. The van der Waals surface area contributed by atoms with Crippen LogP contribution in [0.4, 0.5) is 5.69 Å². The Labute approximate surface area is 247 Å². The van der Waals surface area contributed by atoms with Crippen LogP contribution in [0.2, 0.25) is 0 Å². The molecule has 0 saturated heterocycles. The van der Waals surface area contributed by atoms with Crippen LogP contribution in [0, 0.1) is 10.8 Å². The van der Waals surface area contributed by atoms with E-state index in [9.17, 15) is 4.79 Å². The summed E-state index contributed by atoms with van der Waals surface area (Å²) < 4.78 is 8.29. The highest BCUT2D eigenvalue weighted by Crippen LogP contribution is 2.27. The molecule has 8 heteroatoms. The van der Waals surface area contributed by atoms with E-state index < -0.39 is 5.41 Å². The van der Waals surface area contributed by atoms with Crippen LogP contribution in [0.3, 0.4) is 0 Å². The highest BCUT2D eigenvalue weighted by atomic mass is 16.5. The van der Waals surface area contributed by atoms with Gasteiger partial charge in [-0.25, -0.2) is 9.97 Å². The fourth-order valence-corrected chi connectivity index (χ4v) is 4.32. The van der Waals surface area contributed by atoms with E-state index in [0.29, 0.717) is 19.6 Å². The summed E-state index contributed by atoms with van der Waals surface area (Å²) in [5.74, 6) is 1.62. The number of aliphatic hydroxyl groups is 1. The van der Waals surface area contributed by atoms with Gasteiger partial charge in [0.1, 0.15) is 24.5 Å². The number of ether oxygens (including phenoxy) is 1.